The quantitative estimate of drug-likeness (QED) is 0.748. The summed E-state index contributed by atoms with van der Waals surface area (Å²) < 4.78 is 0. The third-order valence-corrected chi connectivity index (χ3v) is 3.89. The molecule has 1 aromatic heterocycles. The van der Waals surface area contributed by atoms with Gasteiger partial charge in [0.05, 0.1) is 27.7 Å². The van der Waals surface area contributed by atoms with E-state index in [1.54, 1.807) is 18.2 Å². The predicted octanol–water partition coefficient (Wildman–Crippen LogP) is 4.36. The summed E-state index contributed by atoms with van der Waals surface area (Å²) in [6.07, 6.45) is 0. The Bertz CT molecular complexity index is 811. The SMILES string of the molecule is CC(NC(=O)c1ccc(Cl)cc1Cl)c1nc2ccccc2[nH]1. The molecule has 1 heterocycles. The number of nitrogens with zero attached hydrogens (tertiary/aromatic N) is 1. The van der Waals surface area contributed by atoms with Crippen molar-refractivity contribution >= 4 is 40.1 Å². The molecule has 3 aromatic rings. The van der Waals surface area contributed by atoms with Gasteiger partial charge in [-0.05, 0) is 37.3 Å². The minimum atomic E-state index is -0.272. The number of para-hydroxylation sites is 2. The van der Waals surface area contributed by atoms with E-state index < -0.39 is 0 Å². The maximum atomic E-state index is 12.3. The minimum absolute atomic E-state index is 0.269. The van der Waals surface area contributed by atoms with Crippen LogP contribution in [0.15, 0.2) is 42.5 Å². The van der Waals surface area contributed by atoms with Gasteiger partial charge in [-0.25, -0.2) is 4.98 Å². The topological polar surface area (TPSA) is 57.8 Å². The Labute approximate surface area is 137 Å². The largest absolute Gasteiger partial charge is 0.342 e. The highest BCUT2D eigenvalue weighted by molar-refractivity contribution is 6.36. The van der Waals surface area contributed by atoms with Crippen LogP contribution in [0.2, 0.25) is 10.0 Å². The Hall–Kier alpha value is -2.04. The molecular weight excluding hydrogens is 321 g/mol. The molecule has 0 fully saturated rings. The summed E-state index contributed by atoms with van der Waals surface area (Å²) in [6, 6.07) is 12.2. The second-order valence-corrected chi connectivity index (χ2v) is 5.80. The Kier molecular flexibility index (Phi) is 4.05. The number of fused-ring (bicyclic) bond motifs is 1. The van der Waals surface area contributed by atoms with Gasteiger partial charge < -0.3 is 10.3 Å². The van der Waals surface area contributed by atoms with Crippen LogP contribution in [0.5, 0.6) is 0 Å². The molecule has 6 heteroatoms. The van der Waals surface area contributed by atoms with Crippen molar-refractivity contribution < 1.29 is 4.79 Å². The lowest BCUT2D eigenvalue weighted by Crippen LogP contribution is -2.27. The highest BCUT2D eigenvalue weighted by Crippen LogP contribution is 2.22. The number of nitrogens with one attached hydrogen (secondary N) is 2. The van der Waals surface area contributed by atoms with E-state index in [-0.39, 0.29) is 11.9 Å². The van der Waals surface area contributed by atoms with Crippen LogP contribution >= 0.6 is 23.2 Å². The lowest BCUT2D eigenvalue weighted by Gasteiger charge is -2.12. The number of hydrogen-bond acceptors (Lipinski definition) is 2. The number of rotatable bonds is 3. The number of imidazole rings is 1. The fourth-order valence-corrected chi connectivity index (χ4v) is 2.69. The van der Waals surface area contributed by atoms with Gasteiger partial charge in [0.2, 0.25) is 0 Å². The number of carbonyl (C=O) groups is 1. The Balaban J connectivity index is 1.81. The van der Waals surface area contributed by atoms with Gasteiger partial charge in [0.1, 0.15) is 5.82 Å². The van der Waals surface area contributed by atoms with Crippen LogP contribution in [-0.2, 0) is 0 Å². The zero-order valence-electron chi connectivity index (χ0n) is 11.7. The van der Waals surface area contributed by atoms with E-state index >= 15 is 0 Å². The van der Waals surface area contributed by atoms with Crippen molar-refractivity contribution in [1.29, 1.82) is 0 Å². The maximum absolute atomic E-state index is 12.3. The van der Waals surface area contributed by atoms with Gasteiger partial charge in [-0.1, -0.05) is 35.3 Å². The summed E-state index contributed by atoms with van der Waals surface area (Å²) in [7, 11) is 0. The number of benzene rings is 2. The standard InChI is InChI=1S/C16H13Cl2N3O/c1-9(15-20-13-4-2-3-5-14(13)21-15)19-16(22)11-7-6-10(17)8-12(11)18/h2-9H,1H3,(H,19,22)(H,20,21). The van der Waals surface area contributed by atoms with E-state index in [4.69, 9.17) is 23.2 Å². The van der Waals surface area contributed by atoms with Gasteiger partial charge in [0, 0.05) is 5.02 Å². The second-order valence-electron chi connectivity index (χ2n) is 4.96. The van der Waals surface area contributed by atoms with Gasteiger partial charge in [0.25, 0.3) is 5.91 Å². The lowest BCUT2D eigenvalue weighted by molar-refractivity contribution is 0.0938. The first-order valence-electron chi connectivity index (χ1n) is 6.75. The van der Waals surface area contributed by atoms with Crippen molar-refractivity contribution in [2.45, 2.75) is 13.0 Å². The summed E-state index contributed by atoms with van der Waals surface area (Å²) in [5, 5.41) is 3.69. The monoisotopic (exact) mass is 333 g/mol. The van der Waals surface area contributed by atoms with Crippen molar-refractivity contribution in [2.24, 2.45) is 0 Å². The molecule has 0 aliphatic carbocycles. The molecule has 1 amide bonds. The van der Waals surface area contributed by atoms with E-state index in [0.29, 0.717) is 21.4 Å². The third-order valence-electron chi connectivity index (χ3n) is 3.34. The first-order chi connectivity index (χ1) is 10.5. The zero-order chi connectivity index (χ0) is 15.7. The van der Waals surface area contributed by atoms with Gasteiger partial charge in [0.15, 0.2) is 0 Å². The van der Waals surface area contributed by atoms with Crippen molar-refractivity contribution in [3.8, 4) is 0 Å². The Morgan fingerprint density at radius 2 is 2.00 bits per heavy atom. The molecule has 4 nitrogen and oxygen atoms in total. The van der Waals surface area contributed by atoms with Gasteiger partial charge in [-0.3, -0.25) is 4.79 Å². The molecule has 0 spiro atoms. The molecule has 1 atom stereocenters. The number of amides is 1. The minimum Gasteiger partial charge on any atom is -0.342 e. The summed E-state index contributed by atoms with van der Waals surface area (Å²) >= 11 is 11.9. The fraction of sp³-hybridized carbons (Fsp3) is 0.125. The number of aromatic nitrogens is 2. The summed E-state index contributed by atoms with van der Waals surface area (Å²) in [5.41, 5.74) is 2.18. The van der Waals surface area contributed by atoms with Crippen LogP contribution in [0.4, 0.5) is 0 Å². The maximum Gasteiger partial charge on any atom is 0.253 e. The van der Waals surface area contributed by atoms with E-state index in [1.807, 2.05) is 31.2 Å². The Morgan fingerprint density at radius 3 is 2.73 bits per heavy atom. The smallest absolute Gasteiger partial charge is 0.253 e. The molecule has 0 radical (unpaired) electrons. The number of H-pyrrole nitrogens is 1. The number of halogens is 2. The van der Waals surface area contributed by atoms with E-state index in [2.05, 4.69) is 15.3 Å². The fourth-order valence-electron chi connectivity index (χ4n) is 2.19. The molecule has 2 aromatic carbocycles. The first-order valence-corrected chi connectivity index (χ1v) is 7.51. The number of aromatic amines is 1. The molecule has 0 bridgehead atoms. The molecule has 2 N–H and O–H groups in total. The van der Waals surface area contributed by atoms with Crippen LogP contribution in [0.25, 0.3) is 11.0 Å². The van der Waals surface area contributed by atoms with Crippen molar-refractivity contribution in [2.75, 3.05) is 0 Å². The molecule has 0 saturated heterocycles. The molecule has 3 rings (SSSR count). The zero-order valence-corrected chi connectivity index (χ0v) is 13.2. The average molecular weight is 334 g/mol. The van der Waals surface area contributed by atoms with Crippen LogP contribution < -0.4 is 5.32 Å². The van der Waals surface area contributed by atoms with Crippen LogP contribution in [0.1, 0.15) is 29.1 Å². The normalized spacial score (nSPS) is 12.3. The van der Waals surface area contributed by atoms with Crippen molar-refractivity contribution in [3.63, 3.8) is 0 Å². The lowest BCUT2D eigenvalue weighted by atomic mass is 10.2. The van der Waals surface area contributed by atoms with Crippen LogP contribution in [0, 0.1) is 0 Å². The predicted molar refractivity (Wildman–Crippen MR) is 88.4 cm³/mol. The molecular formula is C16H13Cl2N3O. The highest BCUT2D eigenvalue weighted by Gasteiger charge is 2.16. The van der Waals surface area contributed by atoms with E-state index in [9.17, 15) is 4.79 Å². The molecule has 0 aliphatic rings. The highest BCUT2D eigenvalue weighted by atomic mass is 35.5. The molecule has 1 unspecified atom stereocenters. The van der Waals surface area contributed by atoms with E-state index in [1.165, 1.54) is 0 Å². The number of hydrogen-bond donors (Lipinski definition) is 2. The van der Waals surface area contributed by atoms with Crippen LogP contribution in [-0.4, -0.2) is 15.9 Å². The molecule has 0 saturated carbocycles. The molecule has 0 aliphatic heterocycles. The van der Waals surface area contributed by atoms with Gasteiger partial charge in [-0.15, -0.1) is 0 Å². The summed E-state index contributed by atoms with van der Waals surface area (Å²) in [6.45, 7) is 1.86. The average Bonchev–Trinajstić information content (AvgIpc) is 2.91. The van der Waals surface area contributed by atoms with E-state index in [0.717, 1.165) is 11.0 Å². The van der Waals surface area contributed by atoms with Gasteiger partial charge >= 0.3 is 0 Å². The summed E-state index contributed by atoms with van der Waals surface area (Å²) in [5.74, 6) is 0.425. The van der Waals surface area contributed by atoms with Gasteiger partial charge in [-0.2, -0.15) is 0 Å². The van der Waals surface area contributed by atoms with Crippen LogP contribution in [0.3, 0.4) is 0 Å². The first kappa shape index (κ1) is 14.9. The van der Waals surface area contributed by atoms with Crippen molar-refractivity contribution in [1.82, 2.24) is 15.3 Å². The number of carbonyl (C=O) groups excluding carboxylic acids is 1. The third kappa shape index (κ3) is 2.93. The second kappa shape index (κ2) is 5.99. The van der Waals surface area contributed by atoms with Crippen molar-refractivity contribution in [3.05, 3.63) is 63.9 Å². The summed E-state index contributed by atoms with van der Waals surface area (Å²) in [4.78, 5) is 20.0. The molecule has 22 heavy (non-hydrogen) atoms. The molecule has 112 valence electrons. The Morgan fingerprint density at radius 1 is 1.23 bits per heavy atom.